The molecule has 2 aliphatic rings. The van der Waals surface area contributed by atoms with Crippen molar-refractivity contribution >= 4 is 17.7 Å². The summed E-state index contributed by atoms with van der Waals surface area (Å²) < 4.78 is 5.54. The summed E-state index contributed by atoms with van der Waals surface area (Å²) in [5.41, 5.74) is 4.99. The van der Waals surface area contributed by atoms with E-state index >= 15 is 0 Å². The molecule has 0 radical (unpaired) electrons. The van der Waals surface area contributed by atoms with E-state index in [0.717, 1.165) is 25.2 Å². The van der Waals surface area contributed by atoms with E-state index in [4.69, 9.17) is 10.5 Å². The van der Waals surface area contributed by atoms with Crippen molar-refractivity contribution in [2.24, 2.45) is 5.73 Å². The fourth-order valence-corrected chi connectivity index (χ4v) is 3.73. The first-order chi connectivity index (χ1) is 8.51. The topological polar surface area (TPSA) is 64.3 Å². The van der Waals surface area contributed by atoms with E-state index in [1.165, 1.54) is 12.8 Å². The second-order valence-electron chi connectivity index (χ2n) is 5.64. The van der Waals surface area contributed by atoms with Gasteiger partial charge in [-0.3, -0.25) is 4.79 Å². The van der Waals surface area contributed by atoms with Gasteiger partial charge in [0.2, 0.25) is 5.91 Å². The molecule has 5 heteroatoms. The highest BCUT2D eigenvalue weighted by Crippen LogP contribution is 2.29. The third-order valence-corrected chi connectivity index (χ3v) is 5.37. The lowest BCUT2D eigenvalue weighted by molar-refractivity contribution is -0.124. The molecule has 0 bridgehead atoms. The Labute approximate surface area is 113 Å². The number of primary amides is 1. The molecule has 1 aliphatic carbocycles. The molecule has 3 atom stereocenters. The lowest BCUT2D eigenvalue weighted by atomic mass is 9.98. The molecule has 18 heavy (non-hydrogen) atoms. The zero-order valence-corrected chi connectivity index (χ0v) is 12.1. The molecule has 1 saturated carbocycles. The Kier molecular flexibility index (Phi) is 4.56. The van der Waals surface area contributed by atoms with E-state index in [1.807, 2.05) is 18.7 Å². The fraction of sp³-hybridized carbons (Fsp3) is 0.923. The zero-order valence-electron chi connectivity index (χ0n) is 11.3. The van der Waals surface area contributed by atoms with Gasteiger partial charge in [0, 0.05) is 17.9 Å². The predicted molar refractivity (Wildman–Crippen MR) is 74.7 cm³/mol. The number of ether oxygens (including phenoxy) is 1. The minimum absolute atomic E-state index is 0.231. The van der Waals surface area contributed by atoms with Crippen LogP contribution in [0, 0.1) is 0 Å². The predicted octanol–water partition coefficient (Wildman–Crippen LogP) is 1.28. The molecule has 0 spiro atoms. The van der Waals surface area contributed by atoms with Gasteiger partial charge in [-0.1, -0.05) is 0 Å². The van der Waals surface area contributed by atoms with E-state index < -0.39 is 5.54 Å². The number of thioether (sulfide) groups is 1. The quantitative estimate of drug-likeness (QED) is 0.733. The molecule has 2 fully saturated rings. The van der Waals surface area contributed by atoms with Gasteiger partial charge in [0.15, 0.2) is 0 Å². The molecule has 104 valence electrons. The summed E-state index contributed by atoms with van der Waals surface area (Å²) in [6.07, 6.45) is 4.60. The molecule has 0 aromatic heterocycles. The first kappa shape index (κ1) is 14.2. The number of hydrogen-bond donors (Lipinski definition) is 2. The summed E-state index contributed by atoms with van der Waals surface area (Å²) in [4.78, 5) is 11.6. The van der Waals surface area contributed by atoms with Crippen LogP contribution in [0.5, 0.6) is 0 Å². The van der Waals surface area contributed by atoms with Crippen LogP contribution in [0.25, 0.3) is 0 Å². The van der Waals surface area contributed by atoms with Crippen molar-refractivity contribution in [3.8, 4) is 0 Å². The van der Waals surface area contributed by atoms with Crippen LogP contribution in [0.15, 0.2) is 0 Å². The number of carbonyl (C=O) groups excluding carboxylic acids is 1. The van der Waals surface area contributed by atoms with Gasteiger partial charge in [0.1, 0.15) is 0 Å². The van der Waals surface area contributed by atoms with Gasteiger partial charge in [0.25, 0.3) is 0 Å². The Bertz CT molecular complexity index is 309. The Morgan fingerprint density at radius 2 is 2.22 bits per heavy atom. The summed E-state index contributed by atoms with van der Waals surface area (Å²) in [6.45, 7) is 4.93. The van der Waals surface area contributed by atoms with Crippen molar-refractivity contribution in [1.29, 1.82) is 0 Å². The Morgan fingerprint density at radius 1 is 1.50 bits per heavy atom. The molecule has 3 unspecified atom stereocenters. The van der Waals surface area contributed by atoms with Gasteiger partial charge in [-0.2, -0.15) is 11.8 Å². The van der Waals surface area contributed by atoms with Crippen molar-refractivity contribution in [2.75, 3.05) is 12.4 Å². The minimum atomic E-state index is -0.545. The molecular weight excluding hydrogens is 248 g/mol. The Hall–Kier alpha value is -0.260. The van der Waals surface area contributed by atoms with Gasteiger partial charge >= 0.3 is 0 Å². The summed E-state index contributed by atoms with van der Waals surface area (Å²) in [5.74, 6) is 0.725. The molecule has 1 heterocycles. The van der Waals surface area contributed by atoms with Crippen molar-refractivity contribution in [3.63, 3.8) is 0 Å². The van der Waals surface area contributed by atoms with Gasteiger partial charge in [-0.15, -0.1) is 0 Å². The van der Waals surface area contributed by atoms with Crippen LogP contribution in [-0.4, -0.2) is 41.2 Å². The standard InChI is InChI=1S/C13H24N2O2S/c1-9-11(5-7-17-9)18-8-6-13(2,12(14)16)15-10-3-4-10/h9-11,15H,3-8H2,1-2H3,(H2,14,16). The van der Waals surface area contributed by atoms with Crippen LogP contribution < -0.4 is 11.1 Å². The number of hydrogen-bond acceptors (Lipinski definition) is 4. The van der Waals surface area contributed by atoms with E-state index in [9.17, 15) is 4.79 Å². The normalized spacial score (nSPS) is 31.2. The highest BCUT2D eigenvalue weighted by Gasteiger charge is 2.37. The van der Waals surface area contributed by atoms with Crippen LogP contribution in [0.4, 0.5) is 0 Å². The van der Waals surface area contributed by atoms with Gasteiger partial charge in [-0.25, -0.2) is 0 Å². The minimum Gasteiger partial charge on any atom is -0.377 e. The van der Waals surface area contributed by atoms with Gasteiger partial charge < -0.3 is 15.8 Å². The monoisotopic (exact) mass is 272 g/mol. The second-order valence-corrected chi connectivity index (χ2v) is 6.99. The van der Waals surface area contributed by atoms with Crippen molar-refractivity contribution in [1.82, 2.24) is 5.32 Å². The smallest absolute Gasteiger partial charge is 0.237 e. The van der Waals surface area contributed by atoms with E-state index in [0.29, 0.717) is 17.4 Å². The molecule has 3 N–H and O–H groups in total. The third-order valence-electron chi connectivity index (χ3n) is 3.88. The van der Waals surface area contributed by atoms with E-state index in [-0.39, 0.29) is 5.91 Å². The highest BCUT2D eigenvalue weighted by molar-refractivity contribution is 7.99. The molecule has 1 aliphatic heterocycles. The number of carbonyl (C=O) groups is 1. The Balaban J connectivity index is 1.76. The van der Waals surface area contributed by atoms with Crippen molar-refractivity contribution in [3.05, 3.63) is 0 Å². The van der Waals surface area contributed by atoms with Crippen LogP contribution in [0.1, 0.15) is 39.5 Å². The van der Waals surface area contributed by atoms with Crippen LogP contribution >= 0.6 is 11.8 Å². The summed E-state index contributed by atoms with van der Waals surface area (Å²) in [6, 6.07) is 0.501. The van der Waals surface area contributed by atoms with Crippen molar-refractivity contribution < 1.29 is 9.53 Å². The maximum Gasteiger partial charge on any atom is 0.237 e. The molecule has 2 rings (SSSR count). The molecule has 1 saturated heterocycles. The summed E-state index contributed by atoms with van der Waals surface area (Å²) >= 11 is 1.91. The molecular formula is C13H24N2O2S. The first-order valence-corrected chi connectivity index (χ1v) is 7.87. The number of nitrogens with one attached hydrogen (secondary N) is 1. The van der Waals surface area contributed by atoms with Crippen LogP contribution in [0.2, 0.25) is 0 Å². The molecule has 0 aromatic carbocycles. The molecule has 0 aromatic rings. The van der Waals surface area contributed by atoms with Gasteiger partial charge in [-0.05, 0) is 45.3 Å². The molecule has 4 nitrogen and oxygen atoms in total. The summed E-state index contributed by atoms with van der Waals surface area (Å²) in [7, 11) is 0. The SMILES string of the molecule is CC1OCCC1SCCC(C)(NC1CC1)C(N)=O. The maximum atomic E-state index is 11.6. The number of nitrogens with two attached hydrogens (primary N) is 1. The third kappa shape index (κ3) is 3.62. The maximum absolute atomic E-state index is 11.6. The number of amides is 1. The van der Waals surface area contributed by atoms with E-state index in [1.54, 1.807) is 0 Å². The molecule has 1 amide bonds. The van der Waals surface area contributed by atoms with E-state index in [2.05, 4.69) is 12.2 Å². The summed E-state index contributed by atoms with van der Waals surface area (Å²) in [5, 5.41) is 3.96. The first-order valence-electron chi connectivity index (χ1n) is 6.82. The van der Waals surface area contributed by atoms with Gasteiger partial charge in [0.05, 0.1) is 11.6 Å². The zero-order chi connectivity index (χ0) is 13.2. The average Bonchev–Trinajstić information content (AvgIpc) is 3.02. The lowest BCUT2D eigenvalue weighted by Gasteiger charge is -2.28. The Morgan fingerprint density at radius 3 is 2.72 bits per heavy atom. The average molecular weight is 272 g/mol. The van der Waals surface area contributed by atoms with Crippen LogP contribution in [-0.2, 0) is 9.53 Å². The number of rotatable bonds is 7. The lowest BCUT2D eigenvalue weighted by Crippen LogP contribution is -2.54. The largest absolute Gasteiger partial charge is 0.377 e. The van der Waals surface area contributed by atoms with Crippen molar-refractivity contribution in [2.45, 2.75) is 62.5 Å². The second kappa shape index (κ2) is 5.80. The van der Waals surface area contributed by atoms with Crippen LogP contribution in [0.3, 0.4) is 0 Å². The highest BCUT2D eigenvalue weighted by atomic mass is 32.2. The fourth-order valence-electron chi connectivity index (χ4n) is 2.29.